The number of carbonyl (C=O) groups is 1. The number of nitrogens with one attached hydrogen (secondary N) is 1. The van der Waals surface area contributed by atoms with Crippen molar-refractivity contribution in [2.75, 3.05) is 19.6 Å². The van der Waals surface area contributed by atoms with Crippen LogP contribution < -0.4 is 5.32 Å². The molecular formula is C20H26N2O2. The molecule has 2 heterocycles. The van der Waals surface area contributed by atoms with Gasteiger partial charge in [0, 0.05) is 12.1 Å². The van der Waals surface area contributed by atoms with E-state index in [1.807, 2.05) is 50.2 Å². The predicted octanol–water partition coefficient (Wildman–Crippen LogP) is 3.85. The molecule has 1 atom stereocenters. The number of hydrogen-bond acceptors (Lipinski definition) is 3. The van der Waals surface area contributed by atoms with Gasteiger partial charge in [0.2, 0.25) is 0 Å². The van der Waals surface area contributed by atoms with Crippen LogP contribution in [0, 0.1) is 13.8 Å². The second kappa shape index (κ2) is 7.67. The first-order valence-electron chi connectivity index (χ1n) is 8.79. The molecule has 0 spiro atoms. The number of nitrogens with zero attached hydrogens (tertiary/aromatic N) is 1. The zero-order chi connectivity index (χ0) is 16.9. The average molecular weight is 326 g/mol. The molecule has 4 nitrogen and oxygen atoms in total. The fourth-order valence-electron chi connectivity index (χ4n) is 3.35. The number of piperidine rings is 1. The van der Waals surface area contributed by atoms with Gasteiger partial charge in [0.1, 0.15) is 11.5 Å². The molecule has 0 unspecified atom stereocenters. The van der Waals surface area contributed by atoms with Crippen LogP contribution in [-0.4, -0.2) is 30.4 Å². The Morgan fingerprint density at radius 3 is 2.62 bits per heavy atom. The fourth-order valence-corrected chi connectivity index (χ4v) is 3.35. The summed E-state index contributed by atoms with van der Waals surface area (Å²) in [5.74, 6) is 1.83. The van der Waals surface area contributed by atoms with E-state index in [9.17, 15) is 4.79 Å². The van der Waals surface area contributed by atoms with E-state index >= 15 is 0 Å². The molecule has 24 heavy (non-hydrogen) atoms. The molecule has 128 valence electrons. The van der Waals surface area contributed by atoms with Crippen molar-refractivity contribution in [2.24, 2.45) is 0 Å². The highest BCUT2D eigenvalue weighted by Crippen LogP contribution is 2.25. The van der Waals surface area contributed by atoms with Crippen LogP contribution in [0.5, 0.6) is 0 Å². The molecule has 1 aliphatic heterocycles. The Balaban J connectivity index is 1.70. The second-order valence-electron chi connectivity index (χ2n) is 6.64. The van der Waals surface area contributed by atoms with Crippen molar-refractivity contribution < 1.29 is 9.21 Å². The molecular weight excluding hydrogens is 300 g/mol. The topological polar surface area (TPSA) is 45.5 Å². The Bertz CT molecular complexity index is 686. The highest BCUT2D eigenvalue weighted by Gasteiger charge is 2.25. The molecule has 1 amide bonds. The van der Waals surface area contributed by atoms with Gasteiger partial charge in [-0.15, -0.1) is 0 Å². The lowest BCUT2D eigenvalue weighted by Crippen LogP contribution is -2.40. The fraction of sp³-hybridized carbons (Fsp3) is 0.450. The molecule has 1 aromatic carbocycles. The highest BCUT2D eigenvalue weighted by atomic mass is 16.3. The number of likely N-dealkylation sites (tertiary alicyclic amines) is 1. The van der Waals surface area contributed by atoms with Gasteiger partial charge in [-0.1, -0.05) is 24.1 Å². The van der Waals surface area contributed by atoms with Crippen molar-refractivity contribution in [3.8, 4) is 0 Å². The summed E-state index contributed by atoms with van der Waals surface area (Å²) in [6.07, 6.45) is 3.71. The number of hydrogen-bond donors (Lipinski definition) is 1. The molecule has 0 radical (unpaired) electrons. The summed E-state index contributed by atoms with van der Waals surface area (Å²) in [7, 11) is 0. The minimum absolute atomic E-state index is 0.0241. The largest absolute Gasteiger partial charge is 0.465 e. The van der Waals surface area contributed by atoms with Crippen LogP contribution in [0.25, 0.3) is 0 Å². The number of carbonyl (C=O) groups excluding carboxylic acids is 1. The summed E-state index contributed by atoms with van der Waals surface area (Å²) in [5.41, 5.74) is 1.81. The first-order chi connectivity index (χ1) is 11.6. The SMILES string of the molecule is Cc1cccc(C(=O)NC[C@H](c2ccc(C)o2)N2CCCCC2)c1. The molecule has 0 bridgehead atoms. The Hall–Kier alpha value is -2.07. The zero-order valence-corrected chi connectivity index (χ0v) is 14.5. The first-order valence-corrected chi connectivity index (χ1v) is 8.79. The quantitative estimate of drug-likeness (QED) is 0.907. The van der Waals surface area contributed by atoms with E-state index in [-0.39, 0.29) is 11.9 Å². The lowest BCUT2D eigenvalue weighted by atomic mass is 10.1. The summed E-state index contributed by atoms with van der Waals surface area (Å²) in [5, 5.41) is 3.09. The Labute approximate surface area is 143 Å². The first kappa shape index (κ1) is 16.8. The van der Waals surface area contributed by atoms with Gasteiger partial charge in [0.05, 0.1) is 6.04 Å². The zero-order valence-electron chi connectivity index (χ0n) is 14.5. The van der Waals surface area contributed by atoms with Crippen LogP contribution in [0.2, 0.25) is 0 Å². The summed E-state index contributed by atoms with van der Waals surface area (Å²) in [4.78, 5) is 14.9. The maximum atomic E-state index is 12.5. The third-order valence-corrected chi connectivity index (χ3v) is 4.66. The van der Waals surface area contributed by atoms with Crippen LogP contribution in [0.4, 0.5) is 0 Å². The molecule has 1 aromatic heterocycles. The summed E-state index contributed by atoms with van der Waals surface area (Å²) < 4.78 is 5.86. The van der Waals surface area contributed by atoms with Crippen LogP contribution in [-0.2, 0) is 0 Å². The van der Waals surface area contributed by atoms with Crippen LogP contribution in [0.3, 0.4) is 0 Å². The normalized spacial score (nSPS) is 16.8. The monoisotopic (exact) mass is 326 g/mol. The highest BCUT2D eigenvalue weighted by molar-refractivity contribution is 5.94. The van der Waals surface area contributed by atoms with Gasteiger partial charge in [-0.25, -0.2) is 0 Å². The van der Waals surface area contributed by atoms with Gasteiger partial charge in [0.15, 0.2) is 0 Å². The maximum absolute atomic E-state index is 12.5. The molecule has 0 aliphatic carbocycles. The van der Waals surface area contributed by atoms with Crippen molar-refractivity contribution in [1.82, 2.24) is 10.2 Å². The molecule has 0 saturated carbocycles. The smallest absolute Gasteiger partial charge is 0.251 e. The Morgan fingerprint density at radius 2 is 1.96 bits per heavy atom. The Kier molecular flexibility index (Phi) is 5.36. The van der Waals surface area contributed by atoms with Crippen LogP contribution >= 0.6 is 0 Å². The molecule has 2 aromatic rings. The van der Waals surface area contributed by atoms with Gasteiger partial charge in [-0.05, 0) is 64.0 Å². The average Bonchev–Trinajstić information content (AvgIpc) is 3.02. The third kappa shape index (κ3) is 4.06. The van der Waals surface area contributed by atoms with E-state index in [1.165, 1.54) is 19.3 Å². The molecule has 1 N–H and O–H groups in total. The van der Waals surface area contributed by atoms with Crippen molar-refractivity contribution in [1.29, 1.82) is 0 Å². The van der Waals surface area contributed by atoms with E-state index in [0.29, 0.717) is 12.1 Å². The van der Waals surface area contributed by atoms with Crippen LogP contribution in [0.15, 0.2) is 40.8 Å². The van der Waals surface area contributed by atoms with Crippen molar-refractivity contribution in [3.63, 3.8) is 0 Å². The van der Waals surface area contributed by atoms with E-state index in [0.717, 1.165) is 30.2 Å². The van der Waals surface area contributed by atoms with Gasteiger partial charge in [0.25, 0.3) is 5.91 Å². The lowest BCUT2D eigenvalue weighted by molar-refractivity contribution is 0.0913. The molecule has 1 fully saturated rings. The van der Waals surface area contributed by atoms with E-state index in [2.05, 4.69) is 10.2 Å². The standard InChI is InChI=1S/C20H26N2O2/c1-15-7-6-8-17(13-15)20(23)21-14-18(19-10-9-16(2)24-19)22-11-4-3-5-12-22/h6-10,13,18H,3-5,11-12,14H2,1-2H3,(H,21,23)/t18-/m1/s1. The number of amides is 1. The third-order valence-electron chi connectivity index (χ3n) is 4.66. The van der Waals surface area contributed by atoms with Gasteiger partial charge < -0.3 is 9.73 Å². The second-order valence-corrected chi connectivity index (χ2v) is 6.64. The lowest BCUT2D eigenvalue weighted by Gasteiger charge is -2.33. The van der Waals surface area contributed by atoms with Crippen molar-refractivity contribution in [3.05, 3.63) is 59.0 Å². The van der Waals surface area contributed by atoms with Gasteiger partial charge in [-0.2, -0.15) is 0 Å². The minimum Gasteiger partial charge on any atom is -0.465 e. The van der Waals surface area contributed by atoms with E-state index < -0.39 is 0 Å². The summed E-state index contributed by atoms with van der Waals surface area (Å²) >= 11 is 0. The minimum atomic E-state index is -0.0241. The summed E-state index contributed by atoms with van der Waals surface area (Å²) in [6.45, 7) is 6.65. The number of rotatable bonds is 5. The molecule has 3 rings (SSSR count). The van der Waals surface area contributed by atoms with Crippen molar-refractivity contribution in [2.45, 2.75) is 39.2 Å². The molecule has 1 aliphatic rings. The maximum Gasteiger partial charge on any atom is 0.251 e. The summed E-state index contributed by atoms with van der Waals surface area (Å²) in [6, 6.07) is 11.8. The number of benzene rings is 1. The van der Waals surface area contributed by atoms with Crippen molar-refractivity contribution >= 4 is 5.91 Å². The van der Waals surface area contributed by atoms with Gasteiger partial charge >= 0.3 is 0 Å². The van der Waals surface area contributed by atoms with Gasteiger partial charge in [-0.3, -0.25) is 9.69 Å². The molecule has 4 heteroatoms. The van der Waals surface area contributed by atoms with Crippen LogP contribution in [0.1, 0.15) is 52.7 Å². The number of furan rings is 1. The molecule has 1 saturated heterocycles. The number of aryl methyl sites for hydroxylation is 2. The van der Waals surface area contributed by atoms with E-state index in [4.69, 9.17) is 4.42 Å². The Morgan fingerprint density at radius 1 is 1.17 bits per heavy atom. The van der Waals surface area contributed by atoms with E-state index in [1.54, 1.807) is 0 Å². The predicted molar refractivity (Wildman–Crippen MR) is 95.1 cm³/mol.